The second-order valence-electron chi connectivity index (χ2n) is 6.36. The monoisotopic (exact) mass is 299 g/mol. The van der Waals surface area contributed by atoms with E-state index >= 15 is 0 Å². The van der Waals surface area contributed by atoms with Gasteiger partial charge >= 0.3 is 0 Å². The van der Waals surface area contributed by atoms with Crippen LogP contribution in [0.25, 0.3) is 5.69 Å². The summed E-state index contributed by atoms with van der Waals surface area (Å²) >= 11 is 0. The molecule has 1 amide bonds. The standard InChI is InChI=1S/C17H21N3O2/c1-13-10-19(11-17(2,3)22-13)16(21)15-9-18-12-20(15)14-7-5-4-6-8-14/h4-9,12-13H,10-11H2,1-3H3/t13-/m1/s1. The molecule has 2 aromatic rings. The van der Waals surface area contributed by atoms with Crippen LogP contribution in [-0.4, -0.2) is 45.2 Å². The van der Waals surface area contributed by atoms with E-state index in [0.717, 1.165) is 5.69 Å². The zero-order valence-electron chi connectivity index (χ0n) is 13.2. The van der Waals surface area contributed by atoms with Gasteiger partial charge in [-0.1, -0.05) is 18.2 Å². The van der Waals surface area contributed by atoms with Crippen molar-refractivity contribution in [2.24, 2.45) is 0 Å². The van der Waals surface area contributed by atoms with E-state index in [9.17, 15) is 4.79 Å². The fourth-order valence-electron chi connectivity index (χ4n) is 3.02. The number of amides is 1. The van der Waals surface area contributed by atoms with Gasteiger partial charge < -0.3 is 9.64 Å². The summed E-state index contributed by atoms with van der Waals surface area (Å²) in [6, 6.07) is 9.77. The maximum absolute atomic E-state index is 12.9. The highest BCUT2D eigenvalue weighted by atomic mass is 16.5. The molecule has 1 aliphatic heterocycles. The summed E-state index contributed by atoms with van der Waals surface area (Å²) in [6.07, 6.45) is 3.33. The van der Waals surface area contributed by atoms with Crippen molar-refractivity contribution in [2.75, 3.05) is 13.1 Å². The topological polar surface area (TPSA) is 47.4 Å². The van der Waals surface area contributed by atoms with Gasteiger partial charge in [0.1, 0.15) is 5.69 Å². The van der Waals surface area contributed by atoms with Crippen LogP contribution in [0.1, 0.15) is 31.3 Å². The summed E-state index contributed by atoms with van der Waals surface area (Å²) in [5.41, 5.74) is 1.19. The number of carbonyl (C=O) groups excluding carboxylic acids is 1. The van der Waals surface area contributed by atoms with E-state index < -0.39 is 0 Å². The minimum Gasteiger partial charge on any atom is -0.369 e. The summed E-state index contributed by atoms with van der Waals surface area (Å²) in [6.45, 7) is 7.20. The largest absolute Gasteiger partial charge is 0.369 e. The predicted molar refractivity (Wildman–Crippen MR) is 84.1 cm³/mol. The van der Waals surface area contributed by atoms with Crippen molar-refractivity contribution in [2.45, 2.75) is 32.5 Å². The third-order valence-electron chi connectivity index (χ3n) is 3.75. The molecule has 1 atom stereocenters. The van der Waals surface area contributed by atoms with Crippen LogP contribution in [-0.2, 0) is 4.74 Å². The highest BCUT2D eigenvalue weighted by Crippen LogP contribution is 2.23. The third kappa shape index (κ3) is 2.90. The van der Waals surface area contributed by atoms with Gasteiger partial charge in [0.2, 0.25) is 0 Å². The van der Waals surface area contributed by atoms with E-state index in [4.69, 9.17) is 4.74 Å². The zero-order chi connectivity index (χ0) is 15.7. The third-order valence-corrected chi connectivity index (χ3v) is 3.75. The number of ether oxygens (including phenoxy) is 1. The molecule has 1 aromatic heterocycles. The lowest BCUT2D eigenvalue weighted by atomic mass is 10.1. The normalized spacial score (nSPS) is 20.9. The number of para-hydroxylation sites is 1. The van der Waals surface area contributed by atoms with Crippen LogP contribution in [0.5, 0.6) is 0 Å². The van der Waals surface area contributed by atoms with Crippen LogP contribution in [0.4, 0.5) is 0 Å². The summed E-state index contributed by atoms with van der Waals surface area (Å²) in [5.74, 6) is -0.00965. The molecule has 0 unspecified atom stereocenters. The number of hydrogen-bond donors (Lipinski definition) is 0. The smallest absolute Gasteiger partial charge is 0.272 e. The van der Waals surface area contributed by atoms with Crippen LogP contribution in [0, 0.1) is 0 Å². The zero-order valence-corrected chi connectivity index (χ0v) is 13.2. The fraction of sp³-hybridized carbons (Fsp3) is 0.412. The number of hydrogen-bond acceptors (Lipinski definition) is 3. The molecule has 22 heavy (non-hydrogen) atoms. The van der Waals surface area contributed by atoms with Gasteiger partial charge in [0.05, 0.1) is 24.2 Å². The van der Waals surface area contributed by atoms with Crippen molar-refractivity contribution in [3.8, 4) is 5.69 Å². The van der Waals surface area contributed by atoms with Gasteiger partial charge in [0.15, 0.2) is 0 Å². The van der Waals surface area contributed by atoms with Crippen molar-refractivity contribution in [3.05, 3.63) is 48.5 Å². The van der Waals surface area contributed by atoms with Crippen LogP contribution in [0.3, 0.4) is 0 Å². The van der Waals surface area contributed by atoms with Crippen molar-refractivity contribution in [1.82, 2.24) is 14.5 Å². The first-order chi connectivity index (χ1) is 10.5. The van der Waals surface area contributed by atoms with E-state index in [-0.39, 0.29) is 17.6 Å². The molecule has 0 spiro atoms. The minimum atomic E-state index is -0.328. The van der Waals surface area contributed by atoms with E-state index in [1.165, 1.54) is 0 Å². The Kier molecular flexibility index (Phi) is 3.74. The Labute approximate surface area is 130 Å². The number of carbonyl (C=O) groups is 1. The van der Waals surface area contributed by atoms with E-state index in [1.54, 1.807) is 12.5 Å². The molecule has 1 fully saturated rings. The second kappa shape index (κ2) is 5.57. The Morgan fingerprint density at radius 2 is 2.05 bits per heavy atom. The van der Waals surface area contributed by atoms with Crippen LogP contribution in [0.2, 0.25) is 0 Å². The average molecular weight is 299 g/mol. The molecule has 5 heteroatoms. The molecule has 0 bridgehead atoms. The van der Waals surface area contributed by atoms with E-state index in [2.05, 4.69) is 4.98 Å². The first-order valence-corrected chi connectivity index (χ1v) is 7.51. The van der Waals surface area contributed by atoms with Gasteiger partial charge in [-0.05, 0) is 32.9 Å². The molecule has 0 radical (unpaired) electrons. The Morgan fingerprint density at radius 3 is 2.73 bits per heavy atom. The first kappa shape index (κ1) is 14.8. The molecule has 1 aliphatic rings. The Balaban J connectivity index is 1.89. The lowest BCUT2D eigenvalue weighted by Crippen LogP contribution is -2.54. The Morgan fingerprint density at radius 1 is 1.32 bits per heavy atom. The predicted octanol–water partition coefficient (Wildman–Crippen LogP) is 2.51. The molecule has 3 rings (SSSR count). The van der Waals surface area contributed by atoms with Gasteiger partial charge in [-0.25, -0.2) is 4.98 Å². The Hall–Kier alpha value is -2.14. The van der Waals surface area contributed by atoms with Crippen molar-refractivity contribution < 1.29 is 9.53 Å². The van der Waals surface area contributed by atoms with Crippen LogP contribution < -0.4 is 0 Å². The van der Waals surface area contributed by atoms with E-state index in [1.807, 2.05) is 60.6 Å². The van der Waals surface area contributed by atoms with Crippen molar-refractivity contribution >= 4 is 5.91 Å². The minimum absolute atomic E-state index is 0.00965. The lowest BCUT2D eigenvalue weighted by Gasteiger charge is -2.41. The van der Waals surface area contributed by atoms with Crippen molar-refractivity contribution in [3.63, 3.8) is 0 Å². The quantitative estimate of drug-likeness (QED) is 0.856. The van der Waals surface area contributed by atoms with Crippen LogP contribution >= 0.6 is 0 Å². The maximum atomic E-state index is 12.9. The summed E-state index contributed by atoms with van der Waals surface area (Å²) in [7, 11) is 0. The lowest BCUT2D eigenvalue weighted by molar-refractivity contribution is -0.119. The van der Waals surface area contributed by atoms with Gasteiger partial charge in [-0.15, -0.1) is 0 Å². The summed E-state index contributed by atoms with van der Waals surface area (Å²) in [5, 5.41) is 0. The highest BCUT2D eigenvalue weighted by molar-refractivity contribution is 5.93. The number of rotatable bonds is 2. The summed E-state index contributed by atoms with van der Waals surface area (Å²) < 4.78 is 7.70. The number of aromatic nitrogens is 2. The maximum Gasteiger partial charge on any atom is 0.272 e. The highest BCUT2D eigenvalue weighted by Gasteiger charge is 2.34. The Bertz CT molecular complexity index is 664. The number of imidazole rings is 1. The molecule has 0 N–H and O–H groups in total. The van der Waals surface area contributed by atoms with E-state index in [0.29, 0.717) is 18.8 Å². The number of nitrogens with zero attached hydrogens (tertiary/aromatic N) is 3. The molecule has 116 valence electrons. The molecular formula is C17H21N3O2. The van der Waals surface area contributed by atoms with Crippen molar-refractivity contribution in [1.29, 1.82) is 0 Å². The van der Waals surface area contributed by atoms with Crippen LogP contribution in [0.15, 0.2) is 42.9 Å². The average Bonchev–Trinajstić information content (AvgIpc) is 2.94. The molecule has 0 saturated carbocycles. The number of morpholine rings is 1. The summed E-state index contributed by atoms with van der Waals surface area (Å²) in [4.78, 5) is 18.9. The fourth-order valence-corrected chi connectivity index (χ4v) is 3.02. The molecule has 1 saturated heterocycles. The van der Waals surface area contributed by atoms with Gasteiger partial charge in [-0.2, -0.15) is 0 Å². The SMILES string of the molecule is C[C@@H]1CN(C(=O)c2cncn2-c2ccccc2)CC(C)(C)O1. The molecule has 5 nitrogen and oxygen atoms in total. The molecular weight excluding hydrogens is 278 g/mol. The first-order valence-electron chi connectivity index (χ1n) is 7.51. The van der Waals surface area contributed by atoms with Gasteiger partial charge in [-0.3, -0.25) is 9.36 Å². The molecule has 1 aromatic carbocycles. The second-order valence-corrected chi connectivity index (χ2v) is 6.36. The van der Waals surface area contributed by atoms with Gasteiger partial charge in [0.25, 0.3) is 5.91 Å². The van der Waals surface area contributed by atoms with Gasteiger partial charge in [0, 0.05) is 18.8 Å². The number of benzene rings is 1. The molecule has 2 heterocycles. The molecule has 0 aliphatic carbocycles.